The lowest BCUT2D eigenvalue weighted by atomic mass is 9.71. The Balaban J connectivity index is 1.92. The van der Waals surface area contributed by atoms with Crippen LogP contribution in [0, 0.1) is 26.6 Å². The van der Waals surface area contributed by atoms with E-state index in [0.717, 1.165) is 0 Å². The van der Waals surface area contributed by atoms with Gasteiger partial charge in [0, 0.05) is 24.2 Å². The van der Waals surface area contributed by atoms with Crippen molar-refractivity contribution in [2.45, 2.75) is 65.0 Å². The lowest BCUT2D eigenvalue weighted by Gasteiger charge is -2.47. The molecular weight excluding hydrogens is 454 g/mol. The number of ketones is 1. The highest BCUT2D eigenvalue weighted by Crippen LogP contribution is 2.47. The van der Waals surface area contributed by atoms with Crippen LogP contribution in [0.4, 0.5) is 23.2 Å². The number of alkyl halides is 3. The summed E-state index contributed by atoms with van der Waals surface area (Å²) in [5.74, 6) is -6.07. The Morgan fingerprint density at radius 1 is 1.12 bits per heavy atom. The van der Waals surface area contributed by atoms with Gasteiger partial charge in [0.15, 0.2) is 0 Å². The van der Waals surface area contributed by atoms with Gasteiger partial charge in [0.05, 0.1) is 23.3 Å². The smallest absolute Gasteiger partial charge is 0.294 e. The van der Waals surface area contributed by atoms with E-state index >= 15 is 0 Å². The van der Waals surface area contributed by atoms with Gasteiger partial charge in [-0.15, -0.1) is 0 Å². The first-order valence-corrected chi connectivity index (χ1v) is 10.9. The van der Waals surface area contributed by atoms with Gasteiger partial charge in [0.2, 0.25) is 0 Å². The SMILES string of the molecule is CCC1(NC(=O)C(=O)c2c(C)c(C(=O)Nc3ccc(F)c(C)c3)c(C)n2CCF)CC(F)(F)C1. The number of hydrogen-bond acceptors (Lipinski definition) is 3. The summed E-state index contributed by atoms with van der Waals surface area (Å²) in [6.07, 6.45) is -0.913. The summed E-state index contributed by atoms with van der Waals surface area (Å²) in [5.41, 5.74) is -0.216. The Labute approximate surface area is 194 Å². The van der Waals surface area contributed by atoms with Gasteiger partial charge in [-0.1, -0.05) is 6.92 Å². The topological polar surface area (TPSA) is 80.2 Å². The number of benzene rings is 1. The fourth-order valence-electron chi connectivity index (χ4n) is 4.57. The van der Waals surface area contributed by atoms with E-state index in [1.807, 2.05) is 0 Å². The van der Waals surface area contributed by atoms with Gasteiger partial charge in [-0.05, 0) is 56.5 Å². The van der Waals surface area contributed by atoms with Crippen molar-refractivity contribution in [2.75, 3.05) is 12.0 Å². The summed E-state index contributed by atoms with van der Waals surface area (Å²) in [6, 6.07) is 4.02. The highest BCUT2D eigenvalue weighted by atomic mass is 19.3. The standard InChI is InChI=1S/C24H27F4N3O3/c1-5-23(11-24(27,28)12-23)30-22(34)20(32)19-14(3)18(15(4)31(19)9-8-25)21(33)29-16-6-7-17(26)13(2)10-16/h6-7,10H,5,8-9,11-12H2,1-4H3,(H,29,33)(H,30,34). The summed E-state index contributed by atoms with van der Waals surface area (Å²) in [4.78, 5) is 38.8. The van der Waals surface area contributed by atoms with Crippen molar-refractivity contribution in [3.8, 4) is 0 Å². The number of rotatable bonds is 8. The lowest BCUT2D eigenvalue weighted by Crippen LogP contribution is -2.63. The van der Waals surface area contributed by atoms with E-state index in [1.54, 1.807) is 6.92 Å². The van der Waals surface area contributed by atoms with E-state index in [9.17, 15) is 31.9 Å². The number of nitrogens with zero attached hydrogens (tertiary/aromatic N) is 1. The zero-order valence-electron chi connectivity index (χ0n) is 19.5. The van der Waals surface area contributed by atoms with Gasteiger partial charge in [0.1, 0.15) is 12.5 Å². The Morgan fingerprint density at radius 3 is 2.29 bits per heavy atom. The van der Waals surface area contributed by atoms with Crippen LogP contribution in [0.25, 0.3) is 0 Å². The molecule has 0 aliphatic heterocycles. The molecule has 1 saturated carbocycles. The molecule has 0 unspecified atom stereocenters. The number of Topliss-reactive ketones (excluding diaryl/α,β-unsaturated/α-hetero) is 1. The maximum Gasteiger partial charge on any atom is 0.294 e. The number of hydrogen-bond donors (Lipinski definition) is 2. The molecule has 10 heteroatoms. The maximum absolute atomic E-state index is 13.5. The molecule has 2 aromatic rings. The third-order valence-corrected chi connectivity index (χ3v) is 6.39. The van der Waals surface area contributed by atoms with Gasteiger partial charge < -0.3 is 15.2 Å². The number of aryl methyl sites for hydroxylation is 1. The minimum Gasteiger partial charge on any atom is -0.343 e. The summed E-state index contributed by atoms with van der Waals surface area (Å²) in [6.45, 7) is 5.01. The van der Waals surface area contributed by atoms with Gasteiger partial charge in [-0.2, -0.15) is 0 Å². The number of nitrogens with one attached hydrogen (secondary N) is 2. The molecule has 3 rings (SSSR count). The number of halogens is 4. The molecule has 6 nitrogen and oxygen atoms in total. The van der Waals surface area contributed by atoms with Gasteiger partial charge in [-0.3, -0.25) is 14.4 Å². The molecule has 1 heterocycles. The van der Waals surface area contributed by atoms with Crippen LogP contribution in [0.2, 0.25) is 0 Å². The van der Waals surface area contributed by atoms with Crippen LogP contribution in [-0.4, -0.2) is 40.3 Å². The average Bonchev–Trinajstić information content (AvgIpc) is 2.98. The number of carbonyl (C=O) groups excluding carboxylic acids is 3. The van der Waals surface area contributed by atoms with Crippen LogP contribution in [0.3, 0.4) is 0 Å². The largest absolute Gasteiger partial charge is 0.343 e. The molecule has 2 N–H and O–H groups in total. The lowest BCUT2D eigenvalue weighted by molar-refractivity contribution is -0.145. The molecule has 1 aliphatic rings. The van der Waals surface area contributed by atoms with E-state index in [2.05, 4.69) is 10.6 Å². The molecule has 0 saturated heterocycles. The summed E-state index contributed by atoms with van der Waals surface area (Å²) < 4.78 is 55.0. The molecule has 34 heavy (non-hydrogen) atoms. The van der Waals surface area contributed by atoms with Crippen molar-refractivity contribution < 1.29 is 31.9 Å². The molecule has 0 bridgehead atoms. The van der Waals surface area contributed by atoms with Crippen molar-refractivity contribution in [3.05, 3.63) is 52.1 Å². The van der Waals surface area contributed by atoms with Gasteiger partial charge in [-0.25, -0.2) is 17.6 Å². The Morgan fingerprint density at radius 2 is 1.76 bits per heavy atom. The van der Waals surface area contributed by atoms with Crippen molar-refractivity contribution in [3.63, 3.8) is 0 Å². The van der Waals surface area contributed by atoms with Crippen molar-refractivity contribution in [1.82, 2.24) is 9.88 Å². The van der Waals surface area contributed by atoms with Crippen LogP contribution in [0.1, 0.15) is 63.9 Å². The predicted octanol–water partition coefficient (Wildman–Crippen LogP) is 4.65. The first kappa shape index (κ1) is 25.5. The molecule has 1 fully saturated rings. The Kier molecular flexibility index (Phi) is 6.91. The molecule has 0 spiro atoms. The molecule has 1 aromatic heterocycles. The Bertz CT molecular complexity index is 1150. The number of amides is 2. The molecule has 1 aliphatic carbocycles. The monoisotopic (exact) mass is 481 g/mol. The highest BCUT2D eigenvalue weighted by molar-refractivity contribution is 6.43. The normalized spacial score (nSPS) is 16.0. The first-order valence-electron chi connectivity index (χ1n) is 10.9. The third kappa shape index (κ3) is 4.71. The zero-order valence-corrected chi connectivity index (χ0v) is 19.5. The fraction of sp³-hybridized carbons (Fsp3) is 0.458. The average molecular weight is 481 g/mol. The number of aromatic nitrogens is 1. The predicted molar refractivity (Wildman–Crippen MR) is 119 cm³/mol. The van der Waals surface area contributed by atoms with E-state index in [1.165, 1.54) is 43.5 Å². The van der Waals surface area contributed by atoms with Crippen LogP contribution >= 0.6 is 0 Å². The third-order valence-electron chi connectivity index (χ3n) is 6.39. The van der Waals surface area contributed by atoms with E-state index in [4.69, 9.17) is 0 Å². The van der Waals surface area contributed by atoms with Crippen LogP contribution in [-0.2, 0) is 11.3 Å². The summed E-state index contributed by atoms with van der Waals surface area (Å²) >= 11 is 0. The van der Waals surface area contributed by atoms with Crippen LogP contribution in [0.15, 0.2) is 18.2 Å². The Hall–Kier alpha value is -3.17. The second kappa shape index (κ2) is 9.23. The van der Waals surface area contributed by atoms with Crippen LogP contribution < -0.4 is 10.6 Å². The van der Waals surface area contributed by atoms with E-state index < -0.39 is 54.4 Å². The minimum absolute atomic E-state index is 0.0759. The minimum atomic E-state index is -2.91. The zero-order chi connectivity index (χ0) is 25.4. The van der Waals surface area contributed by atoms with E-state index in [0.29, 0.717) is 11.3 Å². The highest BCUT2D eigenvalue weighted by Gasteiger charge is 2.56. The second-order valence-corrected chi connectivity index (χ2v) is 8.82. The van der Waals surface area contributed by atoms with E-state index in [-0.39, 0.29) is 35.5 Å². The van der Waals surface area contributed by atoms with Gasteiger partial charge in [0.25, 0.3) is 23.5 Å². The van der Waals surface area contributed by atoms with Gasteiger partial charge >= 0.3 is 0 Å². The molecular formula is C24H27F4N3O3. The van der Waals surface area contributed by atoms with Crippen molar-refractivity contribution in [1.29, 1.82) is 0 Å². The van der Waals surface area contributed by atoms with Crippen molar-refractivity contribution >= 4 is 23.3 Å². The molecule has 2 amide bonds. The molecule has 184 valence electrons. The van der Waals surface area contributed by atoms with Crippen LogP contribution in [0.5, 0.6) is 0 Å². The fourth-order valence-corrected chi connectivity index (χ4v) is 4.57. The second-order valence-electron chi connectivity index (χ2n) is 8.82. The number of carbonyl (C=O) groups is 3. The summed E-state index contributed by atoms with van der Waals surface area (Å²) in [5, 5.41) is 5.05. The quantitative estimate of drug-likeness (QED) is 0.327. The molecule has 0 atom stereocenters. The molecule has 0 radical (unpaired) electrons. The van der Waals surface area contributed by atoms with Crippen molar-refractivity contribution in [2.24, 2.45) is 0 Å². The molecule has 1 aromatic carbocycles. The maximum atomic E-state index is 13.5. The number of anilines is 1. The summed E-state index contributed by atoms with van der Waals surface area (Å²) in [7, 11) is 0. The first-order chi connectivity index (χ1) is 15.8.